The minimum Gasteiger partial charge on any atom is -0.325 e. The van der Waals surface area contributed by atoms with Gasteiger partial charge in [-0.1, -0.05) is 0 Å². The highest BCUT2D eigenvalue weighted by atomic mass is 35.5. The summed E-state index contributed by atoms with van der Waals surface area (Å²) in [7, 11) is 0. The van der Waals surface area contributed by atoms with Crippen molar-refractivity contribution in [2.24, 2.45) is 5.73 Å². The number of rotatable bonds is 1. The summed E-state index contributed by atoms with van der Waals surface area (Å²) in [4.78, 5) is 10.7. The van der Waals surface area contributed by atoms with E-state index in [1.807, 2.05) is 0 Å². The number of nitrogens with zero attached hydrogens (tertiary/aromatic N) is 5. The van der Waals surface area contributed by atoms with E-state index < -0.39 is 11.6 Å². The predicted octanol–water partition coefficient (Wildman–Crippen LogP) is 4.19. The Kier molecular flexibility index (Phi) is 18.7. The Morgan fingerprint density at radius 2 is 1.46 bits per heavy atom. The summed E-state index contributed by atoms with van der Waals surface area (Å²) in [6.45, 7) is 0.159. The van der Waals surface area contributed by atoms with Crippen LogP contribution in [0.25, 0.3) is 0 Å². The number of aromatic nitrogens is 4. The Morgan fingerprint density at radius 3 is 1.80 bits per heavy atom. The second-order valence-corrected chi connectivity index (χ2v) is 5.66. The van der Waals surface area contributed by atoms with Crippen molar-refractivity contribution in [2.75, 3.05) is 0 Å². The number of halogens is 6. The van der Waals surface area contributed by atoms with Crippen molar-refractivity contribution in [1.82, 2.24) is 15.0 Å². The summed E-state index contributed by atoms with van der Waals surface area (Å²) in [6, 6.07) is 12.7. The molecule has 0 fully saturated rings. The largest absolute Gasteiger partial charge is 0.325 e. The molecule has 3 N–H and O–H groups in total. The fourth-order valence-electron chi connectivity index (χ4n) is 1.81. The molecule has 0 unspecified atom stereocenters. The topological polar surface area (TPSA) is 113 Å². The van der Waals surface area contributed by atoms with Gasteiger partial charge in [0.1, 0.15) is 17.7 Å². The average molecular weight is 532 g/mol. The van der Waals surface area contributed by atoms with Crippen molar-refractivity contribution < 1.29 is 27.5 Å². The lowest BCUT2D eigenvalue weighted by Gasteiger charge is -1.93. The maximum Gasteiger partial charge on any atom is 0.257 e. The van der Waals surface area contributed by atoms with E-state index in [4.69, 9.17) is 16.2 Å². The first-order chi connectivity index (χ1) is 15.9. The number of nitriles is 1. The molecule has 0 aliphatic rings. The van der Waals surface area contributed by atoms with Gasteiger partial charge in [0, 0.05) is 35.9 Å². The number of hydrogen-bond donors (Lipinski definition) is 2. The van der Waals surface area contributed by atoms with Gasteiger partial charge < -0.3 is 5.73 Å². The van der Waals surface area contributed by atoms with E-state index in [1.165, 1.54) is 73.4 Å². The lowest BCUT2D eigenvalue weighted by molar-refractivity contribution is -0.905. The maximum atomic E-state index is 12.4. The van der Waals surface area contributed by atoms with Crippen LogP contribution in [0.2, 0.25) is 0 Å². The van der Waals surface area contributed by atoms with Gasteiger partial charge in [0.25, 0.3) is 6.20 Å². The van der Waals surface area contributed by atoms with E-state index in [9.17, 15) is 17.6 Å². The minimum absolute atomic E-state index is 0. The standard InChI is InChI=1S/C6H7FN2.C6H3FN2.C5H5FNO.C5H4FN.2ClH/c2*7-5-2-1-3-9-6(5)4-8;6-5-2-1-3-7(8)4-5;6-5-2-1-3-7-4-5;;/h1-3H,4,8H2;1-3H;1-4,8H;1-4H;2*1H/q;;+1;;;. The smallest absolute Gasteiger partial charge is 0.257 e. The van der Waals surface area contributed by atoms with Gasteiger partial charge in [-0.2, -0.15) is 5.26 Å². The van der Waals surface area contributed by atoms with Crippen molar-refractivity contribution in [3.05, 3.63) is 120 Å². The fourth-order valence-corrected chi connectivity index (χ4v) is 1.81. The molecule has 0 aliphatic heterocycles. The molecule has 13 heteroatoms. The summed E-state index contributed by atoms with van der Waals surface area (Å²) in [5.41, 5.74) is 5.31. The molecule has 0 aliphatic carbocycles. The molecule has 7 nitrogen and oxygen atoms in total. The highest BCUT2D eigenvalue weighted by molar-refractivity contribution is 5.85. The Morgan fingerprint density at radius 1 is 0.857 bits per heavy atom. The van der Waals surface area contributed by atoms with Crippen LogP contribution >= 0.6 is 24.8 Å². The average Bonchev–Trinajstić information content (AvgIpc) is 2.81. The van der Waals surface area contributed by atoms with E-state index in [-0.39, 0.29) is 48.7 Å². The summed E-state index contributed by atoms with van der Waals surface area (Å²) >= 11 is 0. The van der Waals surface area contributed by atoms with E-state index >= 15 is 0 Å². The normalized spacial score (nSPS) is 8.46. The molecule has 4 aromatic rings. The molecule has 35 heavy (non-hydrogen) atoms. The molecule has 0 radical (unpaired) electrons. The first kappa shape index (κ1) is 33.3. The Hall–Kier alpha value is -3.85. The third kappa shape index (κ3) is 14.8. The molecule has 186 valence electrons. The minimum atomic E-state index is -0.569. The van der Waals surface area contributed by atoms with E-state index in [2.05, 4.69) is 15.0 Å². The van der Waals surface area contributed by atoms with E-state index in [0.29, 0.717) is 10.4 Å². The Labute approximate surface area is 211 Å². The molecule has 0 amide bonds. The third-order valence-electron chi connectivity index (χ3n) is 3.27. The highest BCUT2D eigenvalue weighted by Gasteiger charge is 1.97. The van der Waals surface area contributed by atoms with Crippen LogP contribution in [-0.2, 0) is 6.54 Å². The summed E-state index contributed by atoms with van der Waals surface area (Å²) in [5, 5.41) is 16.7. The lowest BCUT2D eigenvalue weighted by atomic mass is 10.3. The summed E-state index contributed by atoms with van der Waals surface area (Å²) in [6.07, 6.45) is 7.90. The molecule has 4 aromatic heterocycles. The molecule has 0 spiro atoms. The maximum absolute atomic E-state index is 12.4. The zero-order valence-electron chi connectivity index (χ0n) is 17.9. The van der Waals surface area contributed by atoms with Crippen LogP contribution in [0.15, 0.2) is 85.7 Å². The number of pyridine rings is 4. The molecule has 0 saturated heterocycles. The van der Waals surface area contributed by atoms with Crippen LogP contribution in [0, 0.1) is 34.6 Å². The fraction of sp³-hybridized carbons (Fsp3) is 0.0455. The van der Waals surface area contributed by atoms with Gasteiger partial charge in [-0.05, 0) is 42.5 Å². The first-order valence-electron chi connectivity index (χ1n) is 9.09. The van der Waals surface area contributed by atoms with E-state index in [1.54, 1.807) is 12.1 Å². The highest BCUT2D eigenvalue weighted by Crippen LogP contribution is 1.99. The second-order valence-electron chi connectivity index (χ2n) is 5.66. The quantitative estimate of drug-likeness (QED) is 0.216. The van der Waals surface area contributed by atoms with Crippen molar-refractivity contribution >= 4 is 24.8 Å². The predicted molar refractivity (Wildman–Crippen MR) is 123 cm³/mol. The number of hydrogen-bond acceptors (Lipinski definition) is 6. The molecule has 0 aromatic carbocycles. The Bertz CT molecular complexity index is 1130. The van der Waals surface area contributed by atoms with Crippen LogP contribution in [0.1, 0.15) is 11.4 Å². The summed E-state index contributed by atoms with van der Waals surface area (Å²) in [5.74, 6) is -1.64. The molecule has 4 rings (SSSR count). The van der Waals surface area contributed by atoms with Crippen LogP contribution in [-0.4, -0.2) is 20.2 Å². The summed E-state index contributed by atoms with van der Waals surface area (Å²) < 4.78 is 49.2. The van der Waals surface area contributed by atoms with Crippen molar-refractivity contribution in [3.8, 4) is 6.07 Å². The zero-order valence-corrected chi connectivity index (χ0v) is 19.5. The van der Waals surface area contributed by atoms with Crippen LogP contribution in [0.3, 0.4) is 0 Å². The van der Waals surface area contributed by atoms with Gasteiger partial charge in [0.2, 0.25) is 6.20 Å². The van der Waals surface area contributed by atoms with Gasteiger partial charge in [-0.15, -0.1) is 24.8 Å². The lowest BCUT2D eigenvalue weighted by Crippen LogP contribution is -2.28. The van der Waals surface area contributed by atoms with Crippen molar-refractivity contribution in [3.63, 3.8) is 0 Å². The third-order valence-corrected chi connectivity index (χ3v) is 3.27. The van der Waals surface area contributed by atoms with Crippen LogP contribution in [0.5, 0.6) is 0 Å². The SMILES string of the molecule is Cl.Cl.Fc1cccnc1.N#Cc1ncccc1F.NCc1ncccc1F.O[n+]1cccc(F)c1. The van der Waals surface area contributed by atoms with Crippen LogP contribution < -0.4 is 10.5 Å². The first-order valence-corrected chi connectivity index (χ1v) is 9.09. The molecule has 0 bridgehead atoms. The van der Waals surface area contributed by atoms with E-state index in [0.717, 1.165) is 6.20 Å². The van der Waals surface area contributed by atoms with Crippen molar-refractivity contribution in [1.29, 1.82) is 5.26 Å². The molecule has 0 saturated carbocycles. The molecular formula is C22H21Cl2F4N6O+. The molecule has 4 heterocycles. The van der Waals surface area contributed by atoms with Gasteiger partial charge in [-0.3, -0.25) is 15.2 Å². The molecular weight excluding hydrogens is 511 g/mol. The van der Waals surface area contributed by atoms with Gasteiger partial charge in [0.05, 0.1) is 11.9 Å². The zero-order chi connectivity index (χ0) is 24.5. The molecule has 0 atom stereocenters. The number of nitrogens with two attached hydrogens (primary N) is 1. The van der Waals surface area contributed by atoms with Gasteiger partial charge in [0.15, 0.2) is 17.3 Å². The van der Waals surface area contributed by atoms with Gasteiger partial charge >= 0.3 is 0 Å². The second kappa shape index (κ2) is 19.6. The Balaban J connectivity index is 0. The van der Waals surface area contributed by atoms with Crippen LogP contribution in [0.4, 0.5) is 17.6 Å². The van der Waals surface area contributed by atoms with Gasteiger partial charge in [-0.25, -0.2) is 22.5 Å². The monoisotopic (exact) mass is 531 g/mol. The van der Waals surface area contributed by atoms with Crippen molar-refractivity contribution in [2.45, 2.75) is 6.54 Å².